The molecule has 1 aliphatic rings. The third-order valence-electron chi connectivity index (χ3n) is 4.50. The van der Waals surface area contributed by atoms with Gasteiger partial charge >= 0.3 is 0 Å². The first-order valence-corrected chi connectivity index (χ1v) is 8.69. The fourth-order valence-corrected chi connectivity index (χ4v) is 3.13. The first-order chi connectivity index (χ1) is 12.1. The van der Waals surface area contributed by atoms with Crippen LogP contribution in [0.15, 0.2) is 36.7 Å². The predicted octanol–water partition coefficient (Wildman–Crippen LogP) is 2.23. The fraction of sp³-hybridized carbons (Fsp3) is 0.474. The van der Waals surface area contributed by atoms with Crippen molar-refractivity contribution >= 4 is 5.95 Å². The third-order valence-corrected chi connectivity index (χ3v) is 4.50. The molecule has 1 fully saturated rings. The van der Waals surface area contributed by atoms with Crippen molar-refractivity contribution in [2.45, 2.75) is 31.9 Å². The van der Waals surface area contributed by atoms with E-state index in [1.807, 2.05) is 43.6 Å². The van der Waals surface area contributed by atoms with Crippen LogP contribution in [0.3, 0.4) is 0 Å². The number of nitrogens with zero attached hydrogens (tertiary/aromatic N) is 3. The Kier molecular flexibility index (Phi) is 5.50. The highest BCUT2D eigenvalue weighted by atomic mass is 16.5. The SMILES string of the molecule is CNc1ncc(CN2CCCC(O)(COc3ccc(C)cc3)C2)cn1. The number of benzene rings is 1. The molecular weight excluding hydrogens is 316 g/mol. The van der Waals surface area contributed by atoms with Gasteiger partial charge in [-0.1, -0.05) is 17.7 Å². The summed E-state index contributed by atoms with van der Waals surface area (Å²) in [4.78, 5) is 10.7. The number of aliphatic hydroxyl groups is 1. The maximum atomic E-state index is 10.9. The number of ether oxygens (including phenoxy) is 1. The lowest BCUT2D eigenvalue weighted by atomic mass is 9.93. The highest BCUT2D eigenvalue weighted by Crippen LogP contribution is 2.24. The number of rotatable bonds is 6. The van der Waals surface area contributed by atoms with Crippen LogP contribution in [-0.2, 0) is 6.54 Å². The number of aryl methyl sites for hydroxylation is 1. The van der Waals surface area contributed by atoms with Gasteiger partial charge in [-0.2, -0.15) is 0 Å². The second kappa shape index (κ2) is 7.80. The molecule has 2 heterocycles. The van der Waals surface area contributed by atoms with E-state index in [2.05, 4.69) is 20.2 Å². The summed E-state index contributed by atoms with van der Waals surface area (Å²) in [6, 6.07) is 7.92. The Morgan fingerprint density at radius 3 is 2.64 bits per heavy atom. The van der Waals surface area contributed by atoms with Crippen LogP contribution in [0.4, 0.5) is 5.95 Å². The Bertz CT molecular complexity index is 675. The van der Waals surface area contributed by atoms with E-state index in [0.29, 0.717) is 19.1 Å². The van der Waals surface area contributed by atoms with E-state index in [-0.39, 0.29) is 0 Å². The molecule has 0 spiro atoms. The number of likely N-dealkylation sites (tertiary alicyclic amines) is 1. The molecule has 2 aromatic rings. The van der Waals surface area contributed by atoms with Gasteiger partial charge in [0.2, 0.25) is 5.95 Å². The van der Waals surface area contributed by atoms with Gasteiger partial charge in [0.25, 0.3) is 0 Å². The molecular formula is C19H26N4O2. The minimum Gasteiger partial charge on any atom is -0.491 e. The Balaban J connectivity index is 1.56. The minimum atomic E-state index is -0.824. The van der Waals surface area contributed by atoms with Crippen molar-refractivity contribution in [3.8, 4) is 5.75 Å². The number of hydrogen-bond acceptors (Lipinski definition) is 6. The molecule has 1 aromatic carbocycles. The van der Waals surface area contributed by atoms with Crippen molar-refractivity contribution in [3.63, 3.8) is 0 Å². The van der Waals surface area contributed by atoms with Gasteiger partial charge in [0.15, 0.2) is 0 Å². The first-order valence-electron chi connectivity index (χ1n) is 8.69. The van der Waals surface area contributed by atoms with Crippen molar-refractivity contribution in [2.75, 3.05) is 32.1 Å². The predicted molar refractivity (Wildman–Crippen MR) is 97.7 cm³/mol. The summed E-state index contributed by atoms with van der Waals surface area (Å²) in [5, 5.41) is 13.8. The van der Waals surface area contributed by atoms with Gasteiger partial charge in [0.05, 0.1) is 0 Å². The molecule has 1 atom stereocenters. The van der Waals surface area contributed by atoms with Gasteiger partial charge in [-0.15, -0.1) is 0 Å². The molecule has 6 heteroatoms. The van der Waals surface area contributed by atoms with E-state index in [9.17, 15) is 5.11 Å². The molecule has 3 rings (SSSR count). The Hall–Kier alpha value is -2.18. The lowest BCUT2D eigenvalue weighted by molar-refractivity contribution is -0.0621. The van der Waals surface area contributed by atoms with E-state index in [1.165, 1.54) is 5.56 Å². The maximum Gasteiger partial charge on any atom is 0.222 e. The molecule has 0 saturated carbocycles. The molecule has 0 bridgehead atoms. The van der Waals surface area contributed by atoms with Crippen LogP contribution in [0.2, 0.25) is 0 Å². The molecule has 1 saturated heterocycles. The largest absolute Gasteiger partial charge is 0.491 e. The summed E-state index contributed by atoms with van der Waals surface area (Å²) in [7, 11) is 1.80. The molecule has 25 heavy (non-hydrogen) atoms. The zero-order valence-corrected chi connectivity index (χ0v) is 14.9. The van der Waals surface area contributed by atoms with Crippen molar-refractivity contribution in [1.29, 1.82) is 0 Å². The van der Waals surface area contributed by atoms with Crippen LogP contribution in [0.25, 0.3) is 0 Å². The van der Waals surface area contributed by atoms with Crippen molar-refractivity contribution in [3.05, 3.63) is 47.8 Å². The number of hydrogen-bond donors (Lipinski definition) is 2. The Morgan fingerprint density at radius 2 is 1.96 bits per heavy atom. The fourth-order valence-electron chi connectivity index (χ4n) is 3.13. The summed E-state index contributed by atoms with van der Waals surface area (Å²) in [5.41, 5.74) is 1.42. The molecule has 1 unspecified atom stereocenters. The standard InChI is InChI=1S/C19H26N4O2/c1-15-4-6-17(7-5-15)25-14-19(24)8-3-9-23(13-19)12-16-10-21-18(20-2)22-11-16/h4-7,10-11,24H,3,8-9,12-14H2,1-2H3,(H,20,21,22). The number of nitrogens with one attached hydrogen (secondary N) is 1. The van der Waals surface area contributed by atoms with Crippen LogP contribution in [-0.4, -0.2) is 52.3 Å². The van der Waals surface area contributed by atoms with Crippen LogP contribution in [0.5, 0.6) is 5.75 Å². The molecule has 0 radical (unpaired) electrons. The van der Waals surface area contributed by atoms with Gasteiger partial charge in [-0.3, -0.25) is 4.90 Å². The maximum absolute atomic E-state index is 10.9. The molecule has 134 valence electrons. The quantitative estimate of drug-likeness (QED) is 0.839. The topological polar surface area (TPSA) is 70.5 Å². The van der Waals surface area contributed by atoms with Gasteiger partial charge in [-0.25, -0.2) is 9.97 Å². The summed E-state index contributed by atoms with van der Waals surface area (Å²) < 4.78 is 5.82. The van der Waals surface area contributed by atoms with Crippen LogP contribution in [0, 0.1) is 6.92 Å². The van der Waals surface area contributed by atoms with Crippen LogP contribution in [0.1, 0.15) is 24.0 Å². The average molecular weight is 342 g/mol. The minimum absolute atomic E-state index is 0.307. The van der Waals surface area contributed by atoms with Crippen molar-refractivity contribution in [1.82, 2.24) is 14.9 Å². The summed E-state index contributed by atoms with van der Waals surface area (Å²) in [5.74, 6) is 1.41. The van der Waals surface area contributed by atoms with Crippen molar-refractivity contribution < 1.29 is 9.84 Å². The molecule has 0 amide bonds. The van der Waals surface area contributed by atoms with Gasteiger partial charge < -0.3 is 15.2 Å². The number of β-amino-alcohol motifs (C(OH)–C–C–N with tert-alkyl or cyclic N) is 1. The lowest BCUT2D eigenvalue weighted by Gasteiger charge is -2.38. The van der Waals surface area contributed by atoms with E-state index in [4.69, 9.17) is 4.74 Å². The Labute approximate surface area is 148 Å². The highest BCUT2D eigenvalue weighted by Gasteiger charge is 2.34. The molecule has 2 N–H and O–H groups in total. The van der Waals surface area contributed by atoms with E-state index >= 15 is 0 Å². The zero-order chi connectivity index (χ0) is 17.7. The lowest BCUT2D eigenvalue weighted by Crippen LogP contribution is -2.51. The second-order valence-electron chi connectivity index (χ2n) is 6.81. The van der Waals surface area contributed by atoms with Gasteiger partial charge in [0.1, 0.15) is 18.0 Å². The van der Waals surface area contributed by atoms with Crippen LogP contribution < -0.4 is 10.1 Å². The molecule has 0 aliphatic carbocycles. The van der Waals surface area contributed by atoms with E-state index < -0.39 is 5.60 Å². The summed E-state index contributed by atoms with van der Waals surface area (Å²) in [6.07, 6.45) is 5.36. The first kappa shape index (κ1) is 17.6. The molecule has 1 aliphatic heterocycles. The monoisotopic (exact) mass is 342 g/mol. The summed E-state index contributed by atoms with van der Waals surface area (Å²) in [6.45, 7) is 4.63. The summed E-state index contributed by atoms with van der Waals surface area (Å²) >= 11 is 0. The van der Waals surface area contributed by atoms with E-state index in [0.717, 1.165) is 37.2 Å². The zero-order valence-electron chi connectivity index (χ0n) is 14.9. The number of aromatic nitrogens is 2. The Morgan fingerprint density at radius 1 is 1.24 bits per heavy atom. The highest BCUT2D eigenvalue weighted by molar-refractivity contribution is 5.26. The van der Waals surface area contributed by atoms with E-state index in [1.54, 1.807) is 7.05 Å². The number of anilines is 1. The molecule has 1 aromatic heterocycles. The van der Waals surface area contributed by atoms with Gasteiger partial charge in [-0.05, 0) is 38.4 Å². The van der Waals surface area contributed by atoms with Crippen molar-refractivity contribution in [2.24, 2.45) is 0 Å². The van der Waals surface area contributed by atoms with Crippen LogP contribution >= 0.6 is 0 Å². The third kappa shape index (κ3) is 4.90. The average Bonchev–Trinajstić information content (AvgIpc) is 2.62. The molecule has 6 nitrogen and oxygen atoms in total. The van der Waals surface area contributed by atoms with Gasteiger partial charge in [0, 0.05) is 38.1 Å². The normalized spacial score (nSPS) is 21.1. The number of piperidine rings is 1. The smallest absolute Gasteiger partial charge is 0.222 e. The second-order valence-corrected chi connectivity index (χ2v) is 6.81.